The van der Waals surface area contributed by atoms with E-state index in [1.807, 2.05) is 0 Å². The van der Waals surface area contributed by atoms with Crippen LogP contribution in [-0.4, -0.2) is 50.8 Å². The first kappa shape index (κ1) is 12.9. The molecule has 90 valence electrons. The summed E-state index contributed by atoms with van der Waals surface area (Å²) in [4.78, 5) is 2.61. The monoisotopic (exact) mass is 214 g/mol. The summed E-state index contributed by atoms with van der Waals surface area (Å²) in [6.45, 7) is 10.1. The van der Waals surface area contributed by atoms with Gasteiger partial charge in [-0.25, -0.2) is 0 Å². The van der Waals surface area contributed by atoms with Gasteiger partial charge in [0.15, 0.2) is 0 Å². The molecule has 0 aromatic rings. The van der Waals surface area contributed by atoms with Gasteiger partial charge in [0.1, 0.15) is 0 Å². The summed E-state index contributed by atoms with van der Waals surface area (Å²) >= 11 is 0. The van der Waals surface area contributed by atoms with Crippen LogP contribution >= 0.6 is 0 Å². The summed E-state index contributed by atoms with van der Waals surface area (Å²) in [6.07, 6.45) is 2.62. The quantitative estimate of drug-likeness (QED) is 0.647. The van der Waals surface area contributed by atoms with E-state index < -0.39 is 0 Å². The Labute approximate surface area is 94.2 Å². The van der Waals surface area contributed by atoms with Crippen molar-refractivity contribution in [2.45, 2.75) is 32.7 Å². The number of methoxy groups -OCH3 is 1. The molecule has 1 fully saturated rings. The topological polar surface area (TPSA) is 24.5 Å². The minimum absolute atomic E-state index is 0.791. The molecule has 2 unspecified atom stereocenters. The predicted molar refractivity (Wildman–Crippen MR) is 64.2 cm³/mol. The number of rotatable bonds is 7. The van der Waals surface area contributed by atoms with E-state index in [0.717, 1.165) is 31.7 Å². The zero-order chi connectivity index (χ0) is 11.1. The molecule has 2 atom stereocenters. The second kappa shape index (κ2) is 7.20. The first-order valence-electron chi connectivity index (χ1n) is 6.17. The molecule has 0 saturated carbocycles. The smallest absolute Gasteiger partial charge is 0.0587 e. The lowest BCUT2D eigenvalue weighted by atomic mass is 10.1. The van der Waals surface area contributed by atoms with Gasteiger partial charge < -0.3 is 15.0 Å². The molecule has 0 aromatic heterocycles. The molecule has 1 N–H and O–H groups in total. The first-order chi connectivity index (χ1) is 7.24. The van der Waals surface area contributed by atoms with Crippen molar-refractivity contribution >= 4 is 0 Å². The molecular weight excluding hydrogens is 188 g/mol. The van der Waals surface area contributed by atoms with Gasteiger partial charge in [-0.1, -0.05) is 6.92 Å². The molecule has 1 heterocycles. The Balaban J connectivity index is 1.96. The molecule has 0 bridgehead atoms. The van der Waals surface area contributed by atoms with Crippen LogP contribution in [0.25, 0.3) is 0 Å². The molecule has 0 aromatic carbocycles. The van der Waals surface area contributed by atoms with Crippen LogP contribution < -0.4 is 5.32 Å². The summed E-state index contributed by atoms with van der Waals surface area (Å²) in [7, 11) is 1.75. The predicted octanol–water partition coefficient (Wildman–Crippen LogP) is 1.34. The van der Waals surface area contributed by atoms with Crippen LogP contribution in [0.3, 0.4) is 0 Å². The van der Waals surface area contributed by atoms with Gasteiger partial charge >= 0.3 is 0 Å². The maximum atomic E-state index is 4.98. The third-order valence-electron chi connectivity index (χ3n) is 3.19. The van der Waals surface area contributed by atoms with Gasteiger partial charge in [-0.3, -0.25) is 0 Å². The Morgan fingerprint density at radius 2 is 2.13 bits per heavy atom. The highest BCUT2D eigenvalue weighted by atomic mass is 16.5. The van der Waals surface area contributed by atoms with Gasteiger partial charge in [0.25, 0.3) is 0 Å². The van der Waals surface area contributed by atoms with E-state index in [1.165, 1.54) is 25.9 Å². The van der Waals surface area contributed by atoms with Crippen molar-refractivity contribution in [3.05, 3.63) is 0 Å². The average molecular weight is 214 g/mol. The minimum Gasteiger partial charge on any atom is -0.383 e. The largest absolute Gasteiger partial charge is 0.383 e. The van der Waals surface area contributed by atoms with E-state index >= 15 is 0 Å². The number of hydrogen-bond donors (Lipinski definition) is 1. The third-order valence-corrected chi connectivity index (χ3v) is 3.19. The normalized spacial score (nSPS) is 27.4. The lowest BCUT2D eigenvalue weighted by molar-refractivity contribution is 0.198. The van der Waals surface area contributed by atoms with Crippen LogP contribution in [0.1, 0.15) is 26.7 Å². The van der Waals surface area contributed by atoms with Crippen molar-refractivity contribution in [1.82, 2.24) is 10.2 Å². The highest BCUT2D eigenvalue weighted by molar-refractivity contribution is 4.79. The molecule has 1 aliphatic rings. The molecule has 1 aliphatic heterocycles. The fraction of sp³-hybridized carbons (Fsp3) is 1.00. The zero-order valence-electron chi connectivity index (χ0n) is 10.5. The number of hydrogen-bond acceptors (Lipinski definition) is 3. The molecule has 0 amide bonds. The molecule has 15 heavy (non-hydrogen) atoms. The lowest BCUT2D eigenvalue weighted by Gasteiger charge is -2.20. The van der Waals surface area contributed by atoms with Gasteiger partial charge in [-0.05, 0) is 38.8 Å². The van der Waals surface area contributed by atoms with Crippen molar-refractivity contribution in [3.63, 3.8) is 0 Å². The van der Waals surface area contributed by atoms with E-state index in [9.17, 15) is 0 Å². The number of likely N-dealkylation sites (tertiary alicyclic amines) is 1. The lowest BCUT2D eigenvalue weighted by Crippen LogP contribution is -2.31. The molecule has 3 heteroatoms. The van der Waals surface area contributed by atoms with E-state index in [2.05, 4.69) is 24.1 Å². The SMILES string of the molecule is COCCNCCCN1CC(C)CC1C. The third kappa shape index (κ3) is 4.96. The maximum absolute atomic E-state index is 4.98. The standard InChI is InChI=1S/C12H26N2O/c1-11-9-12(2)14(10-11)7-4-5-13-6-8-15-3/h11-13H,4-10H2,1-3H3. The van der Waals surface area contributed by atoms with Crippen LogP contribution in [0.5, 0.6) is 0 Å². The van der Waals surface area contributed by atoms with E-state index in [4.69, 9.17) is 4.74 Å². The van der Waals surface area contributed by atoms with Crippen molar-refractivity contribution < 1.29 is 4.74 Å². The summed E-state index contributed by atoms with van der Waals surface area (Å²) in [5.41, 5.74) is 0. The van der Waals surface area contributed by atoms with Crippen molar-refractivity contribution in [1.29, 1.82) is 0 Å². The fourth-order valence-electron chi connectivity index (χ4n) is 2.40. The van der Waals surface area contributed by atoms with Gasteiger partial charge in [0.2, 0.25) is 0 Å². The highest BCUT2D eigenvalue weighted by Gasteiger charge is 2.24. The van der Waals surface area contributed by atoms with Crippen LogP contribution in [0, 0.1) is 5.92 Å². The Hall–Kier alpha value is -0.120. The van der Waals surface area contributed by atoms with Gasteiger partial charge in [0.05, 0.1) is 6.61 Å². The summed E-state index contributed by atoms with van der Waals surface area (Å²) < 4.78 is 4.98. The molecular formula is C12H26N2O. The molecule has 3 nitrogen and oxygen atoms in total. The minimum atomic E-state index is 0.791. The number of ether oxygens (including phenoxy) is 1. The first-order valence-corrected chi connectivity index (χ1v) is 6.17. The van der Waals surface area contributed by atoms with Gasteiger partial charge in [-0.2, -0.15) is 0 Å². The Kier molecular flexibility index (Phi) is 6.22. The van der Waals surface area contributed by atoms with E-state index in [-0.39, 0.29) is 0 Å². The van der Waals surface area contributed by atoms with Crippen molar-refractivity contribution in [3.8, 4) is 0 Å². The molecule has 0 radical (unpaired) electrons. The summed E-state index contributed by atoms with van der Waals surface area (Å²) in [6, 6.07) is 0.791. The number of nitrogens with zero attached hydrogens (tertiary/aromatic N) is 1. The molecule has 1 rings (SSSR count). The van der Waals surface area contributed by atoms with Crippen LogP contribution in [0.2, 0.25) is 0 Å². The Bertz CT molecular complexity index is 164. The zero-order valence-corrected chi connectivity index (χ0v) is 10.5. The Morgan fingerprint density at radius 3 is 2.73 bits per heavy atom. The van der Waals surface area contributed by atoms with Crippen LogP contribution in [-0.2, 0) is 4.74 Å². The van der Waals surface area contributed by atoms with Crippen LogP contribution in [0.4, 0.5) is 0 Å². The van der Waals surface area contributed by atoms with Gasteiger partial charge in [-0.15, -0.1) is 0 Å². The van der Waals surface area contributed by atoms with Gasteiger partial charge in [0, 0.05) is 26.2 Å². The Morgan fingerprint density at radius 1 is 1.33 bits per heavy atom. The van der Waals surface area contributed by atoms with Crippen molar-refractivity contribution in [2.75, 3.05) is 39.9 Å². The maximum Gasteiger partial charge on any atom is 0.0587 e. The second-order valence-electron chi connectivity index (χ2n) is 4.78. The van der Waals surface area contributed by atoms with E-state index in [0.29, 0.717) is 0 Å². The highest BCUT2D eigenvalue weighted by Crippen LogP contribution is 2.21. The molecule has 1 saturated heterocycles. The molecule has 0 aliphatic carbocycles. The van der Waals surface area contributed by atoms with E-state index in [1.54, 1.807) is 7.11 Å². The second-order valence-corrected chi connectivity index (χ2v) is 4.78. The summed E-state index contributed by atoms with van der Waals surface area (Å²) in [5.74, 6) is 0.890. The fourth-order valence-corrected chi connectivity index (χ4v) is 2.40. The number of nitrogens with one attached hydrogen (secondary N) is 1. The summed E-state index contributed by atoms with van der Waals surface area (Å²) in [5, 5.41) is 3.38. The average Bonchev–Trinajstić information content (AvgIpc) is 2.51. The molecule has 0 spiro atoms. The van der Waals surface area contributed by atoms with Crippen molar-refractivity contribution in [2.24, 2.45) is 5.92 Å². The van der Waals surface area contributed by atoms with Crippen LogP contribution in [0.15, 0.2) is 0 Å².